The standard InChI is InChI=1S/C9H13FN2O/c1-3-12-8-5-9(13-2)6(10)4-7(8)11/h4-5,12H,3,11H2,1-2H3. The summed E-state index contributed by atoms with van der Waals surface area (Å²) in [6.07, 6.45) is 0. The smallest absolute Gasteiger partial charge is 0.167 e. The average molecular weight is 184 g/mol. The second-order valence-corrected chi connectivity index (χ2v) is 2.60. The molecule has 1 aromatic carbocycles. The molecule has 0 unspecified atom stereocenters. The lowest BCUT2D eigenvalue weighted by molar-refractivity contribution is 0.387. The lowest BCUT2D eigenvalue weighted by atomic mass is 10.2. The Morgan fingerprint density at radius 3 is 2.77 bits per heavy atom. The molecule has 3 nitrogen and oxygen atoms in total. The molecule has 1 rings (SSSR count). The van der Waals surface area contributed by atoms with E-state index in [-0.39, 0.29) is 5.75 Å². The monoisotopic (exact) mass is 184 g/mol. The molecule has 0 amide bonds. The Morgan fingerprint density at radius 2 is 2.23 bits per heavy atom. The normalized spacial score (nSPS) is 9.77. The molecule has 0 aromatic heterocycles. The summed E-state index contributed by atoms with van der Waals surface area (Å²) >= 11 is 0. The number of benzene rings is 1. The number of anilines is 2. The molecular weight excluding hydrogens is 171 g/mol. The lowest BCUT2D eigenvalue weighted by Gasteiger charge is -2.09. The van der Waals surface area contributed by atoms with Crippen LogP contribution in [-0.4, -0.2) is 13.7 Å². The molecule has 0 aliphatic carbocycles. The maximum Gasteiger partial charge on any atom is 0.167 e. The van der Waals surface area contributed by atoms with E-state index in [2.05, 4.69) is 5.32 Å². The van der Waals surface area contributed by atoms with E-state index in [1.54, 1.807) is 6.07 Å². The topological polar surface area (TPSA) is 47.3 Å². The molecule has 0 atom stereocenters. The molecule has 0 heterocycles. The van der Waals surface area contributed by atoms with Gasteiger partial charge in [0, 0.05) is 18.7 Å². The van der Waals surface area contributed by atoms with Crippen molar-refractivity contribution in [2.24, 2.45) is 0 Å². The lowest BCUT2D eigenvalue weighted by Crippen LogP contribution is -2.02. The highest BCUT2D eigenvalue weighted by Gasteiger charge is 2.06. The fourth-order valence-electron chi connectivity index (χ4n) is 1.07. The zero-order chi connectivity index (χ0) is 9.84. The number of methoxy groups -OCH3 is 1. The second kappa shape index (κ2) is 3.98. The SMILES string of the molecule is CCNc1cc(OC)c(F)cc1N. The van der Waals surface area contributed by atoms with Crippen molar-refractivity contribution in [3.05, 3.63) is 17.9 Å². The van der Waals surface area contributed by atoms with E-state index >= 15 is 0 Å². The van der Waals surface area contributed by atoms with E-state index in [1.165, 1.54) is 13.2 Å². The number of nitrogens with one attached hydrogen (secondary N) is 1. The second-order valence-electron chi connectivity index (χ2n) is 2.60. The summed E-state index contributed by atoms with van der Waals surface area (Å²) in [5.41, 5.74) is 6.66. The summed E-state index contributed by atoms with van der Waals surface area (Å²) in [6.45, 7) is 2.67. The fraction of sp³-hybridized carbons (Fsp3) is 0.333. The van der Waals surface area contributed by atoms with Crippen molar-refractivity contribution in [1.29, 1.82) is 0 Å². The van der Waals surface area contributed by atoms with Gasteiger partial charge in [-0.05, 0) is 6.92 Å². The molecule has 4 heteroatoms. The van der Waals surface area contributed by atoms with Gasteiger partial charge in [0.1, 0.15) is 0 Å². The van der Waals surface area contributed by atoms with E-state index in [0.29, 0.717) is 11.4 Å². The summed E-state index contributed by atoms with van der Waals surface area (Å²) in [6, 6.07) is 2.80. The molecular formula is C9H13FN2O. The number of hydrogen-bond donors (Lipinski definition) is 2. The molecule has 0 fully saturated rings. The fourth-order valence-corrected chi connectivity index (χ4v) is 1.07. The van der Waals surface area contributed by atoms with Crippen LogP contribution < -0.4 is 15.8 Å². The van der Waals surface area contributed by atoms with E-state index in [1.807, 2.05) is 6.92 Å². The van der Waals surface area contributed by atoms with Gasteiger partial charge in [0.15, 0.2) is 11.6 Å². The largest absolute Gasteiger partial charge is 0.494 e. The Morgan fingerprint density at radius 1 is 1.54 bits per heavy atom. The van der Waals surface area contributed by atoms with Crippen molar-refractivity contribution in [3.8, 4) is 5.75 Å². The van der Waals surface area contributed by atoms with Crippen molar-refractivity contribution in [2.75, 3.05) is 24.7 Å². The summed E-state index contributed by atoms with van der Waals surface area (Å²) in [4.78, 5) is 0. The van der Waals surface area contributed by atoms with Gasteiger partial charge in [-0.25, -0.2) is 4.39 Å². The molecule has 0 bridgehead atoms. The first kappa shape index (κ1) is 9.64. The third-order valence-corrected chi connectivity index (χ3v) is 1.69. The molecule has 0 radical (unpaired) electrons. The number of nitrogen functional groups attached to an aromatic ring is 1. The predicted octanol–water partition coefficient (Wildman–Crippen LogP) is 1.85. The van der Waals surface area contributed by atoms with Crippen LogP contribution in [-0.2, 0) is 0 Å². The van der Waals surface area contributed by atoms with Gasteiger partial charge >= 0.3 is 0 Å². The van der Waals surface area contributed by atoms with E-state index in [4.69, 9.17) is 10.5 Å². The highest BCUT2D eigenvalue weighted by Crippen LogP contribution is 2.27. The third kappa shape index (κ3) is 2.02. The van der Waals surface area contributed by atoms with Crippen LogP contribution in [0.5, 0.6) is 5.75 Å². The first-order valence-corrected chi connectivity index (χ1v) is 4.06. The summed E-state index contributed by atoms with van der Waals surface area (Å²) < 4.78 is 17.9. The highest BCUT2D eigenvalue weighted by molar-refractivity contribution is 5.68. The quantitative estimate of drug-likeness (QED) is 0.705. The van der Waals surface area contributed by atoms with Crippen molar-refractivity contribution in [2.45, 2.75) is 6.92 Å². The Balaban J connectivity index is 3.06. The van der Waals surface area contributed by atoms with Crippen LogP contribution in [0.1, 0.15) is 6.92 Å². The number of rotatable bonds is 3. The van der Waals surface area contributed by atoms with E-state index in [9.17, 15) is 4.39 Å². The Kier molecular flexibility index (Phi) is 2.95. The molecule has 0 spiro atoms. The Hall–Kier alpha value is -1.45. The summed E-state index contributed by atoms with van der Waals surface area (Å²) in [5.74, 6) is -0.244. The van der Waals surface area contributed by atoms with Gasteiger partial charge in [0.2, 0.25) is 0 Å². The number of ether oxygens (including phenoxy) is 1. The first-order valence-electron chi connectivity index (χ1n) is 4.06. The van der Waals surface area contributed by atoms with Gasteiger partial charge in [-0.1, -0.05) is 0 Å². The molecule has 0 saturated heterocycles. The Bertz CT molecular complexity index is 302. The van der Waals surface area contributed by atoms with Crippen LogP contribution in [0.3, 0.4) is 0 Å². The molecule has 0 saturated carbocycles. The van der Waals surface area contributed by atoms with Gasteiger partial charge in [-0.2, -0.15) is 0 Å². The zero-order valence-corrected chi connectivity index (χ0v) is 7.73. The third-order valence-electron chi connectivity index (χ3n) is 1.69. The number of halogens is 1. The molecule has 72 valence electrons. The van der Waals surface area contributed by atoms with Crippen LogP contribution in [0.15, 0.2) is 12.1 Å². The van der Waals surface area contributed by atoms with Crippen molar-refractivity contribution in [3.63, 3.8) is 0 Å². The van der Waals surface area contributed by atoms with Crippen LogP contribution in [0.2, 0.25) is 0 Å². The molecule has 13 heavy (non-hydrogen) atoms. The van der Waals surface area contributed by atoms with Gasteiger partial charge in [0.05, 0.1) is 18.5 Å². The maximum absolute atomic E-state index is 13.0. The average Bonchev–Trinajstić information content (AvgIpc) is 2.10. The molecule has 3 N–H and O–H groups in total. The molecule has 0 aliphatic heterocycles. The van der Waals surface area contributed by atoms with Gasteiger partial charge in [-0.3, -0.25) is 0 Å². The molecule has 1 aromatic rings. The minimum Gasteiger partial charge on any atom is -0.494 e. The summed E-state index contributed by atoms with van der Waals surface area (Å²) in [7, 11) is 1.42. The van der Waals surface area contributed by atoms with Crippen molar-refractivity contribution in [1.82, 2.24) is 0 Å². The first-order chi connectivity index (χ1) is 6.19. The zero-order valence-electron chi connectivity index (χ0n) is 7.73. The number of hydrogen-bond acceptors (Lipinski definition) is 3. The van der Waals surface area contributed by atoms with Crippen LogP contribution in [0, 0.1) is 5.82 Å². The summed E-state index contributed by atoms with van der Waals surface area (Å²) in [5, 5.41) is 3.01. The van der Waals surface area contributed by atoms with E-state index in [0.717, 1.165) is 6.54 Å². The van der Waals surface area contributed by atoms with E-state index < -0.39 is 5.82 Å². The van der Waals surface area contributed by atoms with Gasteiger partial charge < -0.3 is 15.8 Å². The van der Waals surface area contributed by atoms with Crippen molar-refractivity contribution >= 4 is 11.4 Å². The van der Waals surface area contributed by atoms with Crippen LogP contribution in [0.4, 0.5) is 15.8 Å². The minimum atomic E-state index is -0.443. The Labute approximate surface area is 76.7 Å². The van der Waals surface area contributed by atoms with Gasteiger partial charge in [-0.15, -0.1) is 0 Å². The minimum absolute atomic E-state index is 0.199. The van der Waals surface area contributed by atoms with Gasteiger partial charge in [0.25, 0.3) is 0 Å². The van der Waals surface area contributed by atoms with Crippen molar-refractivity contribution < 1.29 is 9.13 Å². The predicted molar refractivity (Wildman–Crippen MR) is 51.5 cm³/mol. The van der Waals surface area contributed by atoms with Crippen LogP contribution in [0.25, 0.3) is 0 Å². The molecule has 0 aliphatic rings. The van der Waals surface area contributed by atoms with Crippen LogP contribution >= 0.6 is 0 Å². The number of nitrogens with two attached hydrogens (primary N) is 1. The highest BCUT2D eigenvalue weighted by atomic mass is 19.1. The maximum atomic E-state index is 13.0.